The molecule has 0 spiro atoms. The summed E-state index contributed by atoms with van der Waals surface area (Å²) in [6, 6.07) is 13.0. The number of ether oxygens (including phenoxy) is 1. The number of nitrogens with one attached hydrogen (secondary N) is 1. The van der Waals surface area contributed by atoms with Gasteiger partial charge in [-0.25, -0.2) is 9.67 Å². The topological polar surface area (TPSA) is 69.0 Å². The first kappa shape index (κ1) is 16.2. The van der Waals surface area contributed by atoms with Crippen molar-refractivity contribution >= 4 is 27.7 Å². The lowest BCUT2D eigenvalue weighted by Gasteiger charge is -2.09. The van der Waals surface area contributed by atoms with E-state index in [0.717, 1.165) is 10.0 Å². The van der Waals surface area contributed by atoms with Gasteiger partial charge in [0.05, 0.1) is 25.4 Å². The summed E-state index contributed by atoms with van der Waals surface area (Å²) in [7, 11) is 1.53. The lowest BCUT2D eigenvalue weighted by atomic mass is 10.2. The number of nitrogens with zero attached hydrogens (tertiary/aromatic N) is 3. The van der Waals surface area contributed by atoms with Crippen LogP contribution in [0.25, 0.3) is 0 Å². The molecule has 0 aliphatic carbocycles. The number of hydrogen-bond acceptors (Lipinski definition) is 4. The summed E-state index contributed by atoms with van der Waals surface area (Å²) in [5.41, 5.74) is 1.54. The first-order valence-corrected chi connectivity index (χ1v) is 8.02. The van der Waals surface area contributed by atoms with Crippen LogP contribution in [0, 0.1) is 0 Å². The number of anilines is 1. The molecule has 1 amide bonds. The molecule has 7 heteroatoms. The highest BCUT2D eigenvalue weighted by Gasteiger charge is 2.10. The number of pyridine rings is 1. The van der Waals surface area contributed by atoms with E-state index in [0.29, 0.717) is 23.8 Å². The molecule has 2 heterocycles. The molecule has 0 bridgehead atoms. The van der Waals surface area contributed by atoms with E-state index < -0.39 is 0 Å². The molecule has 0 saturated carbocycles. The monoisotopic (exact) mass is 386 g/mol. The lowest BCUT2D eigenvalue weighted by Crippen LogP contribution is -2.16. The molecule has 3 aromatic rings. The van der Waals surface area contributed by atoms with Gasteiger partial charge in [0, 0.05) is 22.8 Å². The summed E-state index contributed by atoms with van der Waals surface area (Å²) < 4.78 is 7.74. The van der Waals surface area contributed by atoms with E-state index in [1.54, 1.807) is 29.1 Å². The van der Waals surface area contributed by atoms with Crippen molar-refractivity contribution in [1.82, 2.24) is 14.8 Å². The molecule has 0 aliphatic heterocycles. The van der Waals surface area contributed by atoms with Crippen LogP contribution in [0.2, 0.25) is 0 Å². The second-order valence-corrected chi connectivity index (χ2v) is 5.96. The van der Waals surface area contributed by atoms with Gasteiger partial charge in [-0.1, -0.05) is 28.1 Å². The molecule has 6 nitrogen and oxygen atoms in total. The summed E-state index contributed by atoms with van der Waals surface area (Å²) in [6.07, 6.45) is 3.13. The van der Waals surface area contributed by atoms with Gasteiger partial charge in [-0.2, -0.15) is 5.10 Å². The van der Waals surface area contributed by atoms with E-state index >= 15 is 0 Å². The van der Waals surface area contributed by atoms with Crippen molar-refractivity contribution in [3.8, 4) is 5.88 Å². The number of halogens is 1. The zero-order chi connectivity index (χ0) is 16.9. The second-order valence-electron chi connectivity index (χ2n) is 5.04. The Morgan fingerprint density at radius 2 is 2.00 bits per heavy atom. The van der Waals surface area contributed by atoms with Gasteiger partial charge in [-0.3, -0.25) is 4.79 Å². The molecule has 2 aromatic heterocycles. The minimum Gasteiger partial charge on any atom is -0.481 e. The Morgan fingerprint density at radius 1 is 1.21 bits per heavy atom. The quantitative estimate of drug-likeness (QED) is 0.729. The highest BCUT2D eigenvalue weighted by molar-refractivity contribution is 9.10. The molecule has 1 aromatic carbocycles. The molecule has 0 aliphatic rings. The third-order valence-electron chi connectivity index (χ3n) is 3.41. The Kier molecular flexibility index (Phi) is 4.90. The van der Waals surface area contributed by atoms with Gasteiger partial charge in [0.2, 0.25) is 5.88 Å². The number of aromatic nitrogens is 3. The van der Waals surface area contributed by atoms with Crippen molar-refractivity contribution in [2.45, 2.75) is 6.54 Å². The zero-order valence-electron chi connectivity index (χ0n) is 12.9. The van der Waals surface area contributed by atoms with Crippen molar-refractivity contribution < 1.29 is 9.53 Å². The van der Waals surface area contributed by atoms with E-state index in [9.17, 15) is 4.79 Å². The minimum absolute atomic E-state index is 0.247. The predicted octanol–water partition coefficient (Wildman–Crippen LogP) is 3.35. The highest BCUT2D eigenvalue weighted by Crippen LogP contribution is 2.15. The molecule has 3 rings (SSSR count). The number of benzene rings is 1. The average molecular weight is 387 g/mol. The SMILES string of the molecule is COc1ccc(C(=O)Nc2ccnn2Cc2ccc(Br)cc2)cn1. The van der Waals surface area contributed by atoms with Crippen LogP contribution >= 0.6 is 15.9 Å². The average Bonchev–Trinajstić information content (AvgIpc) is 3.03. The number of carbonyl (C=O) groups excluding carboxylic acids is 1. The predicted molar refractivity (Wildman–Crippen MR) is 94.2 cm³/mol. The molecule has 1 N–H and O–H groups in total. The van der Waals surface area contributed by atoms with E-state index in [2.05, 4.69) is 31.3 Å². The Balaban J connectivity index is 1.72. The molecule has 0 unspecified atom stereocenters. The van der Waals surface area contributed by atoms with Gasteiger partial charge in [0.25, 0.3) is 5.91 Å². The molecular formula is C17H15BrN4O2. The summed E-state index contributed by atoms with van der Waals surface area (Å²) in [6.45, 7) is 0.566. The van der Waals surface area contributed by atoms with Crippen molar-refractivity contribution in [3.05, 3.63) is 70.5 Å². The summed E-state index contributed by atoms with van der Waals surface area (Å²) in [5.74, 6) is 0.841. The maximum atomic E-state index is 12.3. The van der Waals surface area contributed by atoms with E-state index in [1.165, 1.54) is 13.3 Å². The van der Waals surface area contributed by atoms with Crippen molar-refractivity contribution in [2.24, 2.45) is 0 Å². The number of carbonyl (C=O) groups is 1. The van der Waals surface area contributed by atoms with Gasteiger partial charge in [-0.15, -0.1) is 0 Å². The Morgan fingerprint density at radius 3 is 2.67 bits per heavy atom. The van der Waals surface area contributed by atoms with Crippen LogP contribution in [0.5, 0.6) is 5.88 Å². The number of amides is 1. The Labute approximate surface area is 147 Å². The number of methoxy groups -OCH3 is 1. The van der Waals surface area contributed by atoms with Crippen LogP contribution < -0.4 is 10.1 Å². The van der Waals surface area contributed by atoms with Gasteiger partial charge in [0.1, 0.15) is 5.82 Å². The fourth-order valence-corrected chi connectivity index (χ4v) is 2.42. The van der Waals surface area contributed by atoms with Crippen LogP contribution in [0.1, 0.15) is 15.9 Å². The van der Waals surface area contributed by atoms with Crippen LogP contribution in [0.4, 0.5) is 5.82 Å². The first-order valence-electron chi connectivity index (χ1n) is 7.23. The molecule has 24 heavy (non-hydrogen) atoms. The summed E-state index contributed by atoms with van der Waals surface area (Å²) in [4.78, 5) is 16.4. The number of hydrogen-bond donors (Lipinski definition) is 1. The summed E-state index contributed by atoms with van der Waals surface area (Å²) in [5, 5.41) is 7.11. The van der Waals surface area contributed by atoms with Gasteiger partial charge >= 0.3 is 0 Å². The first-order chi connectivity index (χ1) is 11.7. The van der Waals surface area contributed by atoms with Crippen LogP contribution in [0.3, 0.4) is 0 Å². The zero-order valence-corrected chi connectivity index (χ0v) is 14.5. The van der Waals surface area contributed by atoms with Gasteiger partial charge in [0.15, 0.2) is 0 Å². The molecule has 0 atom stereocenters. The Hall–Kier alpha value is -2.67. The second kappa shape index (κ2) is 7.27. The molecule has 0 saturated heterocycles. The van der Waals surface area contributed by atoms with E-state index in [4.69, 9.17) is 4.74 Å². The van der Waals surface area contributed by atoms with Crippen LogP contribution in [-0.4, -0.2) is 27.8 Å². The van der Waals surface area contributed by atoms with Crippen molar-refractivity contribution in [3.63, 3.8) is 0 Å². The fourth-order valence-electron chi connectivity index (χ4n) is 2.15. The lowest BCUT2D eigenvalue weighted by molar-refractivity contribution is 0.102. The Bertz CT molecular complexity index is 829. The third kappa shape index (κ3) is 3.80. The maximum Gasteiger partial charge on any atom is 0.258 e. The smallest absolute Gasteiger partial charge is 0.258 e. The van der Waals surface area contributed by atoms with Gasteiger partial charge < -0.3 is 10.1 Å². The van der Waals surface area contributed by atoms with Crippen molar-refractivity contribution in [1.29, 1.82) is 0 Å². The maximum absolute atomic E-state index is 12.3. The van der Waals surface area contributed by atoms with Gasteiger partial charge in [-0.05, 0) is 23.8 Å². The van der Waals surface area contributed by atoms with Crippen LogP contribution in [0.15, 0.2) is 59.3 Å². The van der Waals surface area contributed by atoms with Crippen LogP contribution in [-0.2, 0) is 6.54 Å². The molecule has 122 valence electrons. The largest absolute Gasteiger partial charge is 0.481 e. The molecule has 0 fully saturated rings. The molecule has 0 radical (unpaired) electrons. The number of rotatable bonds is 5. The third-order valence-corrected chi connectivity index (χ3v) is 3.94. The highest BCUT2D eigenvalue weighted by atomic mass is 79.9. The standard InChI is InChI=1S/C17H15BrN4O2/c1-24-16-7-4-13(10-19-16)17(23)21-15-8-9-20-22(15)11-12-2-5-14(18)6-3-12/h2-10H,11H2,1H3,(H,21,23). The van der Waals surface area contributed by atoms with E-state index in [-0.39, 0.29) is 5.91 Å². The minimum atomic E-state index is -0.247. The van der Waals surface area contributed by atoms with E-state index in [1.807, 2.05) is 24.3 Å². The summed E-state index contributed by atoms with van der Waals surface area (Å²) >= 11 is 3.41. The fraction of sp³-hybridized carbons (Fsp3) is 0.118. The normalized spacial score (nSPS) is 10.4. The molecular weight excluding hydrogens is 372 g/mol. The van der Waals surface area contributed by atoms with Crippen molar-refractivity contribution in [2.75, 3.05) is 12.4 Å².